The monoisotopic (exact) mass is 280 g/mol. The Morgan fingerprint density at radius 2 is 2.20 bits per heavy atom. The van der Waals surface area contributed by atoms with Gasteiger partial charge in [0.25, 0.3) is 0 Å². The number of carbonyl (C=O) groups excluding carboxylic acids is 1. The molecule has 0 radical (unpaired) electrons. The molecule has 3 nitrogen and oxygen atoms in total. The number of likely N-dealkylation sites (N-methyl/N-ethyl adjacent to an activating group) is 1. The Bertz CT molecular complexity index is 529. The van der Waals surface area contributed by atoms with Crippen LogP contribution in [0.4, 0.5) is 8.78 Å². The zero-order chi connectivity index (χ0) is 14.3. The van der Waals surface area contributed by atoms with E-state index in [2.05, 4.69) is 5.32 Å². The van der Waals surface area contributed by atoms with Crippen LogP contribution in [0.5, 0.6) is 0 Å². The second-order valence-corrected chi connectivity index (χ2v) is 5.71. The first-order chi connectivity index (χ1) is 9.58. The predicted molar refractivity (Wildman–Crippen MR) is 71.3 cm³/mol. The molecule has 1 aromatic rings. The molecular weight excluding hydrogens is 262 g/mol. The van der Waals surface area contributed by atoms with Crippen LogP contribution in [-0.2, 0) is 4.79 Å². The number of benzene rings is 1. The second-order valence-electron chi connectivity index (χ2n) is 5.71. The normalized spacial score (nSPS) is 28.4. The van der Waals surface area contributed by atoms with Gasteiger partial charge in [-0.05, 0) is 49.1 Å². The fraction of sp³-hybridized carbons (Fsp3) is 0.533. The largest absolute Gasteiger partial charge is 0.341 e. The van der Waals surface area contributed by atoms with E-state index in [0.29, 0.717) is 12.0 Å². The Hall–Kier alpha value is -1.49. The van der Waals surface area contributed by atoms with Crippen LogP contribution >= 0.6 is 0 Å². The lowest BCUT2D eigenvalue weighted by Crippen LogP contribution is -2.39. The van der Waals surface area contributed by atoms with Crippen molar-refractivity contribution in [3.63, 3.8) is 0 Å². The Labute approximate surface area is 117 Å². The summed E-state index contributed by atoms with van der Waals surface area (Å²) < 4.78 is 26.9. The topological polar surface area (TPSA) is 32.3 Å². The molecule has 5 heteroatoms. The molecule has 1 aliphatic carbocycles. The molecule has 0 aromatic heterocycles. The van der Waals surface area contributed by atoms with Gasteiger partial charge in [-0.3, -0.25) is 4.79 Å². The Balaban J connectivity index is 1.69. The fourth-order valence-electron chi connectivity index (χ4n) is 3.02. The molecule has 20 heavy (non-hydrogen) atoms. The highest BCUT2D eigenvalue weighted by Gasteiger charge is 2.47. The van der Waals surface area contributed by atoms with Gasteiger partial charge in [0.15, 0.2) is 0 Å². The smallest absolute Gasteiger partial charge is 0.226 e. The molecular formula is C15H18F2N2O. The molecule has 108 valence electrons. The maximum Gasteiger partial charge on any atom is 0.226 e. The van der Waals surface area contributed by atoms with Crippen LogP contribution in [0.3, 0.4) is 0 Å². The van der Waals surface area contributed by atoms with Crippen molar-refractivity contribution in [1.29, 1.82) is 0 Å². The first-order valence-electron chi connectivity index (χ1n) is 7.00. The van der Waals surface area contributed by atoms with Crippen molar-refractivity contribution in [1.82, 2.24) is 10.2 Å². The van der Waals surface area contributed by atoms with Crippen molar-refractivity contribution in [2.75, 3.05) is 20.1 Å². The summed E-state index contributed by atoms with van der Waals surface area (Å²) in [5, 5.41) is 3.22. The Morgan fingerprint density at radius 3 is 2.90 bits per heavy atom. The van der Waals surface area contributed by atoms with Gasteiger partial charge in [0, 0.05) is 25.6 Å². The average Bonchev–Trinajstić information content (AvgIpc) is 3.03. The number of nitrogens with one attached hydrogen (secondary N) is 1. The third-order valence-corrected chi connectivity index (χ3v) is 4.39. The number of amides is 1. The van der Waals surface area contributed by atoms with Crippen LogP contribution in [0.25, 0.3) is 0 Å². The molecule has 1 saturated carbocycles. The van der Waals surface area contributed by atoms with Crippen LogP contribution in [0.15, 0.2) is 18.2 Å². The van der Waals surface area contributed by atoms with E-state index >= 15 is 0 Å². The van der Waals surface area contributed by atoms with Gasteiger partial charge in [-0.15, -0.1) is 0 Å². The standard InChI is InChI=1S/C15H18F2N2O/c1-19(10-4-5-18-8-10)15(20)13-7-11(13)12-6-9(16)2-3-14(12)17/h2-3,6,10-11,13,18H,4-5,7-8H2,1H3/t10-,11+,13+/m0/s1. The van der Waals surface area contributed by atoms with Gasteiger partial charge < -0.3 is 10.2 Å². The minimum Gasteiger partial charge on any atom is -0.341 e. The molecule has 1 amide bonds. The van der Waals surface area contributed by atoms with Crippen molar-refractivity contribution < 1.29 is 13.6 Å². The highest BCUT2D eigenvalue weighted by Crippen LogP contribution is 2.49. The first kappa shape index (κ1) is 13.5. The third kappa shape index (κ3) is 2.42. The van der Waals surface area contributed by atoms with Crippen LogP contribution in [0.2, 0.25) is 0 Å². The highest BCUT2D eigenvalue weighted by molar-refractivity contribution is 5.83. The predicted octanol–water partition coefficient (Wildman–Crippen LogP) is 1.89. The molecule has 1 aliphatic heterocycles. The summed E-state index contributed by atoms with van der Waals surface area (Å²) in [5.41, 5.74) is 0.335. The van der Waals surface area contributed by atoms with E-state index in [-0.39, 0.29) is 23.8 Å². The van der Waals surface area contributed by atoms with Crippen molar-refractivity contribution in [2.45, 2.75) is 24.8 Å². The third-order valence-electron chi connectivity index (χ3n) is 4.39. The molecule has 0 unspecified atom stereocenters. The van der Waals surface area contributed by atoms with Gasteiger partial charge in [0.1, 0.15) is 11.6 Å². The van der Waals surface area contributed by atoms with E-state index in [1.807, 2.05) is 0 Å². The summed E-state index contributed by atoms with van der Waals surface area (Å²) in [6, 6.07) is 3.68. The quantitative estimate of drug-likeness (QED) is 0.917. The number of nitrogens with zero attached hydrogens (tertiary/aromatic N) is 1. The SMILES string of the molecule is CN(C(=O)[C@@H]1C[C@@H]1c1cc(F)ccc1F)[C@H]1CCNC1. The maximum atomic E-state index is 13.7. The average molecular weight is 280 g/mol. The molecule has 0 spiro atoms. The molecule has 1 N–H and O–H groups in total. The molecule has 2 aliphatic rings. The molecule has 1 aromatic carbocycles. The van der Waals surface area contributed by atoms with Gasteiger partial charge in [-0.2, -0.15) is 0 Å². The number of hydrogen-bond donors (Lipinski definition) is 1. The number of rotatable bonds is 3. The van der Waals surface area contributed by atoms with Gasteiger partial charge in [-0.1, -0.05) is 0 Å². The lowest BCUT2D eigenvalue weighted by atomic mass is 10.1. The number of hydrogen-bond acceptors (Lipinski definition) is 2. The Kier molecular flexibility index (Phi) is 3.46. The van der Waals surface area contributed by atoms with Crippen LogP contribution in [-0.4, -0.2) is 37.0 Å². The van der Waals surface area contributed by atoms with Crippen molar-refractivity contribution >= 4 is 5.91 Å². The maximum absolute atomic E-state index is 13.7. The number of halogens is 2. The van der Waals surface area contributed by atoms with E-state index in [4.69, 9.17) is 0 Å². The van der Waals surface area contributed by atoms with E-state index in [1.54, 1.807) is 11.9 Å². The molecule has 1 saturated heterocycles. The lowest BCUT2D eigenvalue weighted by Gasteiger charge is -2.24. The summed E-state index contributed by atoms with van der Waals surface area (Å²) in [5.74, 6) is -1.19. The van der Waals surface area contributed by atoms with E-state index in [1.165, 1.54) is 6.07 Å². The second kappa shape index (κ2) is 5.13. The molecule has 1 heterocycles. The van der Waals surface area contributed by atoms with Crippen molar-refractivity contribution in [3.8, 4) is 0 Å². The fourth-order valence-corrected chi connectivity index (χ4v) is 3.02. The minimum atomic E-state index is -0.451. The minimum absolute atomic E-state index is 0.0485. The molecule has 3 rings (SSSR count). The summed E-state index contributed by atoms with van der Waals surface area (Å²) in [6.45, 7) is 1.74. The van der Waals surface area contributed by atoms with E-state index in [9.17, 15) is 13.6 Å². The molecule has 3 atom stereocenters. The van der Waals surface area contributed by atoms with Crippen molar-refractivity contribution in [2.24, 2.45) is 5.92 Å². The molecule has 0 bridgehead atoms. The van der Waals surface area contributed by atoms with Gasteiger partial charge in [-0.25, -0.2) is 8.78 Å². The van der Waals surface area contributed by atoms with Crippen molar-refractivity contribution in [3.05, 3.63) is 35.4 Å². The Morgan fingerprint density at radius 1 is 1.40 bits per heavy atom. The zero-order valence-electron chi connectivity index (χ0n) is 11.4. The molecule has 2 fully saturated rings. The summed E-state index contributed by atoms with van der Waals surface area (Å²) in [7, 11) is 1.80. The van der Waals surface area contributed by atoms with E-state index < -0.39 is 11.6 Å². The zero-order valence-corrected chi connectivity index (χ0v) is 11.4. The lowest BCUT2D eigenvalue weighted by molar-refractivity contribution is -0.133. The van der Waals surface area contributed by atoms with Gasteiger partial charge in [0.05, 0.1) is 0 Å². The first-order valence-corrected chi connectivity index (χ1v) is 7.00. The summed E-state index contributed by atoms with van der Waals surface area (Å²) in [6.07, 6.45) is 1.57. The van der Waals surface area contributed by atoms with Crippen LogP contribution in [0, 0.1) is 17.6 Å². The number of carbonyl (C=O) groups is 1. The summed E-state index contributed by atoms with van der Waals surface area (Å²) >= 11 is 0. The van der Waals surface area contributed by atoms with Gasteiger partial charge >= 0.3 is 0 Å². The van der Waals surface area contributed by atoms with Gasteiger partial charge in [0.2, 0.25) is 5.91 Å². The van der Waals surface area contributed by atoms with Crippen LogP contribution in [0.1, 0.15) is 24.3 Å². The van der Waals surface area contributed by atoms with Crippen LogP contribution < -0.4 is 5.32 Å². The summed E-state index contributed by atoms with van der Waals surface area (Å²) in [4.78, 5) is 14.1. The highest BCUT2D eigenvalue weighted by atomic mass is 19.1. The van der Waals surface area contributed by atoms with E-state index in [0.717, 1.165) is 31.6 Å².